The number of aryl methyl sites for hydroxylation is 1. The molecule has 0 saturated heterocycles. The Kier molecular flexibility index (Phi) is 4.78. The van der Waals surface area contributed by atoms with Crippen LogP contribution in [0.3, 0.4) is 0 Å². The van der Waals surface area contributed by atoms with Gasteiger partial charge in [0.05, 0.1) is 29.1 Å². The summed E-state index contributed by atoms with van der Waals surface area (Å²) < 4.78 is 14.6. The van der Waals surface area contributed by atoms with E-state index in [-0.39, 0.29) is 24.7 Å². The average Bonchev–Trinajstić information content (AvgIpc) is 2.79. The zero-order valence-electron chi connectivity index (χ0n) is 13.2. The van der Waals surface area contributed by atoms with Gasteiger partial charge in [-0.2, -0.15) is 5.10 Å². The number of aromatic nitrogens is 2. The molecule has 1 aromatic carbocycles. The summed E-state index contributed by atoms with van der Waals surface area (Å²) in [6, 6.07) is 5.81. The van der Waals surface area contributed by atoms with Crippen molar-refractivity contribution >= 4 is 11.9 Å². The van der Waals surface area contributed by atoms with E-state index < -0.39 is 5.97 Å². The first kappa shape index (κ1) is 16.7. The number of benzene rings is 1. The summed E-state index contributed by atoms with van der Waals surface area (Å²) in [6.45, 7) is 3.59. The first-order chi connectivity index (χ1) is 10.8. The van der Waals surface area contributed by atoms with Gasteiger partial charge in [-0.25, -0.2) is 9.07 Å². The molecule has 1 aromatic heterocycles. The number of nitrogens with zero attached hydrogens (tertiary/aromatic N) is 3. The van der Waals surface area contributed by atoms with Crippen LogP contribution in [0.15, 0.2) is 24.3 Å². The van der Waals surface area contributed by atoms with E-state index in [2.05, 4.69) is 5.10 Å². The van der Waals surface area contributed by atoms with Crippen LogP contribution in [0.1, 0.15) is 28.2 Å². The number of hydrogen-bond acceptors (Lipinski definition) is 3. The van der Waals surface area contributed by atoms with Crippen LogP contribution in [0.4, 0.5) is 4.39 Å². The molecule has 0 aliphatic heterocycles. The van der Waals surface area contributed by atoms with E-state index in [1.165, 1.54) is 17.0 Å². The highest BCUT2D eigenvalue weighted by Gasteiger charge is 2.22. The summed E-state index contributed by atoms with van der Waals surface area (Å²) in [4.78, 5) is 24.5. The molecule has 0 radical (unpaired) electrons. The summed E-state index contributed by atoms with van der Waals surface area (Å²) in [5.41, 5.74) is 2.25. The molecule has 0 bridgehead atoms. The molecule has 7 heteroatoms. The van der Waals surface area contributed by atoms with Gasteiger partial charge in [-0.15, -0.1) is 0 Å². The van der Waals surface area contributed by atoms with Gasteiger partial charge in [0.15, 0.2) is 0 Å². The van der Waals surface area contributed by atoms with Gasteiger partial charge in [0.2, 0.25) is 0 Å². The Labute approximate surface area is 133 Å². The Balaban J connectivity index is 2.32. The number of amides is 1. The molecule has 23 heavy (non-hydrogen) atoms. The molecule has 6 nitrogen and oxygen atoms in total. The van der Waals surface area contributed by atoms with Crippen LogP contribution >= 0.6 is 0 Å². The van der Waals surface area contributed by atoms with E-state index in [0.717, 1.165) is 0 Å². The van der Waals surface area contributed by atoms with E-state index in [1.54, 1.807) is 37.7 Å². The maximum absolute atomic E-state index is 13.0. The third-order valence-corrected chi connectivity index (χ3v) is 3.58. The molecular formula is C16H18FN3O3. The van der Waals surface area contributed by atoms with Crippen LogP contribution in [0.2, 0.25) is 0 Å². The van der Waals surface area contributed by atoms with Gasteiger partial charge in [-0.3, -0.25) is 9.59 Å². The lowest BCUT2D eigenvalue weighted by molar-refractivity contribution is -0.137. The van der Waals surface area contributed by atoms with Crippen LogP contribution in [-0.2, 0) is 4.79 Å². The maximum atomic E-state index is 13.0. The zero-order valence-corrected chi connectivity index (χ0v) is 13.2. The minimum atomic E-state index is -0.958. The highest BCUT2D eigenvalue weighted by molar-refractivity contribution is 5.96. The number of rotatable bonds is 5. The topological polar surface area (TPSA) is 75.4 Å². The fourth-order valence-electron chi connectivity index (χ4n) is 2.34. The quantitative estimate of drug-likeness (QED) is 0.916. The third-order valence-electron chi connectivity index (χ3n) is 3.58. The molecule has 2 rings (SSSR count). The fraction of sp³-hybridized carbons (Fsp3) is 0.312. The smallest absolute Gasteiger partial charge is 0.305 e. The van der Waals surface area contributed by atoms with E-state index in [0.29, 0.717) is 22.6 Å². The number of carboxylic acid groups (broad SMARTS) is 1. The molecule has 0 saturated carbocycles. The highest BCUT2D eigenvalue weighted by atomic mass is 19.1. The zero-order chi connectivity index (χ0) is 17.1. The summed E-state index contributed by atoms with van der Waals surface area (Å²) in [6.07, 6.45) is -0.119. The largest absolute Gasteiger partial charge is 0.481 e. The number of halogens is 1. The Hall–Kier alpha value is -2.70. The monoisotopic (exact) mass is 319 g/mol. The van der Waals surface area contributed by atoms with Gasteiger partial charge in [0.1, 0.15) is 5.82 Å². The number of aliphatic carboxylic acids is 1. The minimum absolute atomic E-state index is 0.119. The molecule has 122 valence electrons. The van der Waals surface area contributed by atoms with Crippen molar-refractivity contribution in [3.8, 4) is 5.69 Å². The SMILES string of the molecule is Cc1nn(-c2ccc(F)cc2)c(C)c1C(=O)N(C)CCC(=O)O. The van der Waals surface area contributed by atoms with Crippen molar-refractivity contribution in [2.75, 3.05) is 13.6 Å². The molecule has 1 N–H and O–H groups in total. The Morgan fingerprint density at radius 1 is 1.26 bits per heavy atom. The Morgan fingerprint density at radius 2 is 1.87 bits per heavy atom. The van der Waals surface area contributed by atoms with Gasteiger partial charge < -0.3 is 10.0 Å². The summed E-state index contributed by atoms with van der Waals surface area (Å²) in [5, 5.41) is 13.1. The van der Waals surface area contributed by atoms with Crippen molar-refractivity contribution in [3.05, 3.63) is 47.0 Å². The van der Waals surface area contributed by atoms with Gasteiger partial charge >= 0.3 is 5.97 Å². The van der Waals surface area contributed by atoms with Crippen LogP contribution < -0.4 is 0 Å². The van der Waals surface area contributed by atoms with E-state index >= 15 is 0 Å². The molecule has 0 aliphatic rings. The Bertz CT molecular complexity index is 738. The summed E-state index contributed by atoms with van der Waals surface area (Å²) in [7, 11) is 1.55. The normalized spacial score (nSPS) is 10.6. The second-order valence-corrected chi connectivity index (χ2v) is 5.30. The van der Waals surface area contributed by atoms with Crippen LogP contribution in [-0.4, -0.2) is 45.3 Å². The van der Waals surface area contributed by atoms with Crippen LogP contribution in [0.5, 0.6) is 0 Å². The maximum Gasteiger partial charge on any atom is 0.305 e. The molecule has 1 amide bonds. The fourth-order valence-corrected chi connectivity index (χ4v) is 2.34. The first-order valence-electron chi connectivity index (χ1n) is 7.10. The van der Waals surface area contributed by atoms with E-state index in [4.69, 9.17) is 5.11 Å². The van der Waals surface area contributed by atoms with Crippen molar-refractivity contribution in [3.63, 3.8) is 0 Å². The lowest BCUT2D eigenvalue weighted by Crippen LogP contribution is -2.29. The van der Waals surface area contributed by atoms with Crippen LogP contribution in [0.25, 0.3) is 5.69 Å². The van der Waals surface area contributed by atoms with Crippen molar-refractivity contribution in [1.82, 2.24) is 14.7 Å². The second kappa shape index (κ2) is 6.60. The van der Waals surface area contributed by atoms with Crippen LogP contribution in [0, 0.1) is 19.7 Å². The highest BCUT2D eigenvalue weighted by Crippen LogP contribution is 2.19. The minimum Gasteiger partial charge on any atom is -0.481 e. The second-order valence-electron chi connectivity index (χ2n) is 5.30. The number of hydrogen-bond donors (Lipinski definition) is 1. The van der Waals surface area contributed by atoms with Gasteiger partial charge in [-0.05, 0) is 38.1 Å². The van der Waals surface area contributed by atoms with Crippen molar-refractivity contribution in [2.45, 2.75) is 20.3 Å². The number of carbonyl (C=O) groups is 2. The van der Waals surface area contributed by atoms with E-state index in [9.17, 15) is 14.0 Å². The summed E-state index contributed by atoms with van der Waals surface area (Å²) in [5.74, 6) is -1.59. The van der Waals surface area contributed by atoms with Gasteiger partial charge in [0.25, 0.3) is 5.91 Å². The molecular weight excluding hydrogens is 301 g/mol. The number of carbonyl (C=O) groups excluding carboxylic acids is 1. The molecule has 0 atom stereocenters. The third kappa shape index (κ3) is 3.56. The lowest BCUT2D eigenvalue weighted by Gasteiger charge is -2.16. The van der Waals surface area contributed by atoms with Crippen molar-refractivity contribution in [2.24, 2.45) is 0 Å². The van der Waals surface area contributed by atoms with Gasteiger partial charge in [0, 0.05) is 13.6 Å². The molecule has 0 unspecified atom stereocenters. The number of carboxylic acids is 1. The Morgan fingerprint density at radius 3 is 2.43 bits per heavy atom. The molecule has 2 aromatic rings. The average molecular weight is 319 g/mol. The molecule has 0 fully saturated rings. The lowest BCUT2D eigenvalue weighted by atomic mass is 10.1. The molecule has 1 heterocycles. The predicted molar refractivity (Wildman–Crippen MR) is 82.2 cm³/mol. The standard InChI is InChI=1S/C16H18FN3O3/c1-10-15(16(23)19(3)9-8-14(21)22)11(2)20(18-10)13-6-4-12(17)5-7-13/h4-7H,8-9H2,1-3H3,(H,21,22). The van der Waals surface area contributed by atoms with Crippen molar-refractivity contribution < 1.29 is 19.1 Å². The molecule has 0 aliphatic carbocycles. The predicted octanol–water partition coefficient (Wildman–Crippen LogP) is 2.17. The van der Waals surface area contributed by atoms with Gasteiger partial charge in [-0.1, -0.05) is 0 Å². The molecule has 0 spiro atoms. The summed E-state index contributed by atoms with van der Waals surface area (Å²) >= 11 is 0. The first-order valence-corrected chi connectivity index (χ1v) is 7.10. The van der Waals surface area contributed by atoms with E-state index in [1.807, 2.05) is 0 Å². The van der Waals surface area contributed by atoms with Crippen molar-refractivity contribution in [1.29, 1.82) is 0 Å².